The molecule has 35 heavy (non-hydrogen) atoms. The topological polar surface area (TPSA) is 94.2 Å². The minimum atomic E-state index is -3.78. The minimum absolute atomic E-state index is 0.125. The van der Waals surface area contributed by atoms with Gasteiger partial charge in [0.25, 0.3) is 0 Å². The molecule has 1 fully saturated rings. The van der Waals surface area contributed by atoms with Crippen LogP contribution in [0.5, 0.6) is 17.2 Å². The maximum atomic E-state index is 13.7. The van der Waals surface area contributed by atoms with E-state index in [0.29, 0.717) is 35.8 Å². The summed E-state index contributed by atoms with van der Waals surface area (Å²) in [5.74, 6) is 1.33. The standard InChI is InChI=1S/C26H26N2O6S/c1-32-22-9-5-6-10-24(22)35(30,31)28-15-13-26(14-16-28,19-7-3-2-4-8-19)25(29)27-20-11-12-21-23(17-20)34-18-33-21/h2-12,17H,13-16,18H2,1H3,(H,27,29). The molecule has 0 aromatic heterocycles. The molecule has 182 valence electrons. The van der Waals surface area contributed by atoms with Crippen LogP contribution >= 0.6 is 0 Å². The van der Waals surface area contributed by atoms with Crippen LogP contribution in [-0.2, 0) is 20.2 Å². The van der Waals surface area contributed by atoms with E-state index in [2.05, 4.69) is 5.32 Å². The largest absolute Gasteiger partial charge is 0.495 e. The van der Waals surface area contributed by atoms with Crippen molar-refractivity contribution in [2.24, 2.45) is 0 Å². The van der Waals surface area contributed by atoms with Gasteiger partial charge in [-0.25, -0.2) is 8.42 Å². The van der Waals surface area contributed by atoms with Crippen LogP contribution in [0.4, 0.5) is 5.69 Å². The van der Waals surface area contributed by atoms with Gasteiger partial charge in [0.15, 0.2) is 11.5 Å². The summed E-state index contributed by atoms with van der Waals surface area (Å²) in [5, 5.41) is 3.02. The summed E-state index contributed by atoms with van der Waals surface area (Å²) in [4.78, 5) is 13.9. The molecule has 1 amide bonds. The highest BCUT2D eigenvalue weighted by Gasteiger charge is 2.45. The molecule has 1 N–H and O–H groups in total. The van der Waals surface area contributed by atoms with Gasteiger partial charge < -0.3 is 19.5 Å². The van der Waals surface area contributed by atoms with Crippen LogP contribution in [0.2, 0.25) is 0 Å². The molecule has 3 aromatic carbocycles. The highest BCUT2D eigenvalue weighted by Crippen LogP contribution is 2.40. The number of hydrogen-bond donors (Lipinski definition) is 1. The molecule has 8 nitrogen and oxygen atoms in total. The maximum Gasteiger partial charge on any atom is 0.246 e. The normalized spacial score (nSPS) is 17.1. The number of amides is 1. The summed E-state index contributed by atoms with van der Waals surface area (Å²) in [6.45, 7) is 0.546. The number of rotatable bonds is 6. The van der Waals surface area contributed by atoms with Crippen LogP contribution in [0.3, 0.4) is 0 Å². The summed E-state index contributed by atoms with van der Waals surface area (Å²) >= 11 is 0. The fourth-order valence-corrected chi connectivity index (χ4v) is 6.31. The Hall–Kier alpha value is -3.56. The molecule has 0 spiro atoms. The van der Waals surface area contributed by atoms with E-state index < -0.39 is 15.4 Å². The van der Waals surface area contributed by atoms with Crippen molar-refractivity contribution in [3.8, 4) is 17.2 Å². The van der Waals surface area contributed by atoms with Gasteiger partial charge >= 0.3 is 0 Å². The quantitative estimate of drug-likeness (QED) is 0.561. The number of para-hydroxylation sites is 1. The van der Waals surface area contributed by atoms with Crippen molar-refractivity contribution in [2.45, 2.75) is 23.2 Å². The molecule has 3 aromatic rings. The number of piperidine rings is 1. The van der Waals surface area contributed by atoms with Gasteiger partial charge in [0.05, 0.1) is 12.5 Å². The first kappa shape index (κ1) is 23.2. The Morgan fingerprint density at radius 3 is 2.37 bits per heavy atom. The molecule has 0 atom stereocenters. The number of methoxy groups -OCH3 is 1. The molecule has 5 rings (SSSR count). The molecule has 0 unspecified atom stereocenters. The summed E-state index contributed by atoms with van der Waals surface area (Å²) in [7, 11) is -2.33. The minimum Gasteiger partial charge on any atom is -0.495 e. The van der Waals surface area contributed by atoms with Gasteiger partial charge in [0, 0.05) is 24.8 Å². The smallest absolute Gasteiger partial charge is 0.246 e. The van der Waals surface area contributed by atoms with Gasteiger partial charge in [-0.1, -0.05) is 42.5 Å². The van der Waals surface area contributed by atoms with Crippen LogP contribution in [0, 0.1) is 0 Å². The predicted molar refractivity (Wildman–Crippen MR) is 130 cm³/mol. The second kappa shape index (κ2) is 9.24. The van der Waals surface area contributed by atoms with E-state index in [1.165, 1.54) is 11.4 Å². The lowest BCUT2D eigenvalue weighted by molar-refractivity contribution is -0.123. The Kier molecular flexibility index (Phi) is 6.12. The zero-order chi connectivity index (χ0) is 24.5. The number of anilines is 1. The van der Waals surface area contributed by atoms with Crippen molar-refractivity contribution in [3.05, 3.63) is 78.4 Å². The van der Waals surface area contributed by atoms with E-state index in [1.807, 2.05) is 30.3 Å². The monoisotopic (exact) mass is 494 g/mol. The average Bonchev–Trinajstić information content (AvgIpc) is 3.37. The van der Waals surface area contributed by atoms with Crippen molar-refractivity contribution in [2.75, 3.05) is 32.3 Å². The summed E-state index contributed by atoms with van der Waals surface area (Å²) in [6, 6.07) is 21.4. The Morgan fingerprint density at radius 1 is 0.943 bits per heavy atom. The van der Waals surface area contributed by atoms with E-state index in [9.17, 15) is 13.2 Å². The first-order valence-corrected chi connectivity index (χ1v) is 12.8. The molecule has 9 heteroatoms. The molecule has 2 heterocycles. The summed E-state index contributed by atoms with van der Waals surface area (Å²) < 4.78 is 44.3. The molecule has 0 radical (unpaired) electrons. The number of nitrogens with one attached hydrogen (secondary N) is 1. The van der Waals surface area contributed by atoms with Crippen molar-refractivity contribution in [1.82, 2.24) is 4.31 Å². The van der Waals surface area contributed by atoms with Gasteiger partial charge in [0.2, 0.25) is 22.7 Å². The Labute approximate surface area is 204 Å². The fourth-order valence-electron chi connectivity index (χ4n) is 4.71. The number of ether oxygens (including phenoxy) is 3. The number of carbonyl (C=O) groups excluding carboxylic acids is 1. The number of hydrogen-bond acceptors (Lipinski definition) is 6. The van der Waals surface area contributed by atoms with E-state index in [0.717, 1.165) is 5.56 Å². The SMILES string of the molecule is COc1ccccc1S(=O)(=O)N1CCC(C(=O)Nc2ccc3c(c2)OCO3)(c2ccccc2)CC1. The zero-order valence-corrected chi connectivity index (χ0v) is 20.1. The Balaban J connectivity index is 1.42. The Bertz CT molecular complexity index is 1330. The molecule has 0 saturated carbocycles. The summed E-state index contributed by atoms with van der Waals surface area (Å²) in [6.07, 6.45) is 0.670. The van der Waals surface area contributed by atoms with E-state index in [-0.39, 0.29) is 30.7 Å². The lowest BCUT2D eigenvalue weighted by Crippen LogP contribution is -2.50. The molecular formula is C26H26N2O6S. The Morgan fingerprint density at radius 2 is 1.63 bits per heavy atom. The zero-order valence-electron chi connectivity index (χ0n) is 19.3. The highest BCUT2D eigenvalue weighted by atomic mass is 32.2. The van der Waals surface area contributed by atoms with Gasteiger partial charge in [-0.3, -0.25) is 4.79 Å². The van der Waals surface area contributed by atoms with E-state index >= 15 is 0 Å². The van der Waals surface area contributed by atoms with Gasteiger partial charge in [-0.2, -0.15) is 4.31 Å². The molecule has 2 aliphatic rings. The first-order chi connectivity index (χ1) is 16.9. The third-order valence-corrected chi connectivity index (χ3v) is 8.59. The highest BCUT2D eigenvalue weighted by molar-refractivity contribution is 7.89. The van der Waals surface area contributed by atoms with Crippen molar-refractivity contribution < 1.29 is 27.4 Å². The second-order valence-corrected chi connectivity index (χ2v) is 10.4. The number of sulfonamides is 1. The molecule has 0 bridgehead atoms. The van der Waals surface area contributed by atoms with Gasteiger partial charge in [-0.15, -0.1) is 0 Å². The lowest BCUT2D eigenvalue weighted by atomic mass is 9.72. The maximum absolute atomic E-state index is 13.7. The lowest BCUT2D eigenvalue weighted by Gasteiger charge is -2.40. The van der Waals surface area contributed by atoms with Crippen LogP contribution in [0.15, 0.2) is 77.7 Å². The van der Waals surface area contributed by atoms with E-state index in [4.69, 9.17) is 14.2 Å². The fraction of sp³-hybridized carbons (Fsp3) is 0.269. The molecule has 0 aliphatic carbocycles. The number of fused-ring (bicyclic) bond motifs is 1. The average molecular weight is 495 g/mol. The predicted octanol–water partition coefficient (Wildman–Crippen LogP) is 3.79. The molecular weight excluding hydrogens is 468 g/mol. The van der Waals surface area contributed by atoms with Crippen LogP contribution < -0.4 is 19.5 Å². The van der Waals surface area contributed by atoms with Crippen molar-refractivity contribution in [3.63, 3.8) is 0 Å². The van der Waals surface area contributed by atoms with Crippen LogP contribution in [0.25, 0.3) is 0 Å². The number of carbonyl (C=O) groups is 1. The summed E-state index contributed by atoms with van der Waals surface area (Å²) in [5.41, 5.74) is 0.566. The van der Waals surface area contributed by atoms with Crippen molar-refractivity contribution in [1.29, 1.82) is 0 Å². The van der Waals surface area contributed by atoms with Gasteiger partial charge in [0.1, 0.15) is 10.6 Å². The third kappa shape index (κ3) is 4.21. The molecule has 2 aliphatic heterocycles. The van der Waals surface area contributed by atoms with E-state index in [1.54, 1.807) is 42.5 Å². The number of nitrogens with zero attached hydrogens (tertiary/aromatic N) is 1. The number of benzene rings is 3. The third-order valence-electron chi connectivity index (χ3n) is 6.65. The second-order valence-electron chi connectivity index (χ2n) is 8.53. The van der Waals surface area contributed by atoms with Gasteiger partial charge in [-0.05, 0) is 42.7 Å². The molecule has 1 saturated heterocycles. The van der Waals surface area contributed by atoms with Crippen LogP contribution in [0.1, 0.15) is 18.4 Å². The van der Waals surface area contributed by atoms with Crippen LogP contribution in [-0.4, -0.2) is 45.6 Å². The van der Waals surface area contributed by atoms with Crippen molar-refractivity contribution >= 4 is 21.6 Å². The first-order valence-electron chi connectivity index (χ1n) is 11.3.